The Morgan fingerprint density at radius 3 is 2.80 bits per heavy atom. The van der Waals surface area contributed by atoms with Crippen molar-refractivity contribution < 1.29 is 0 Å². The normalized spacial score (nSPS) is 10.8. The number of hydrogen-bond donors (Lipinski definition) is 0. The van der Waals surface area contributed by atoms with Crippen molar-refractivity contribution >= 4 is 16.3 Å². The molecule has 100 valence electrons. The standard InChI is InChI=1S/C15H14N4S/c1-2-3-9-13-18-19-12(10-16)14(17-15(19)20-13)11-7-5-4-6-8-11/h4-8H,2-3,9H2,1H3. The SMILES string of the molecule is CCCCc1nn2c(C#N)c(-c3ccccc3)nc2s1. The van der Waals surface area contributed by atoms with E-state index in [-0.39, 0.29) is 0 Å². The maximum atomic E-state index is 9.41. The van der Waals surface area contributed by atoms with Crippen LogP contribution < -0.4 is 0 Å². The number of fused-ring (bicyclic) bond motifs is 1. The minimum atomic E-state index is 0.519. The van der Waals surface area contributed by atoms with Gasteiger partial charge >= 0.3 is 0 Å². The van der Waals surface area contributed by atoms with Gasteiger partial charge in [0.1, 0.15) is 16.8 Å². The molecule has 0 aliphatic carbocycles. The lowest BCUT2D eigenvalue weighted by Gasteiger charge is -1.96. The zero-order chi connectivity index (χ0) is 13.9. The van der Waals surface area contributed by atoms with Gasteiger partial charge in [0.15, 0.2) is 5.69 Å². The maximum absolute atomic E-state index is 9.41. The van der Waals surface area contributed by atoms with Crippen LogP contribution in [0.4, 0.5) is 0 Å². The van der Waals surface area contributed by atoms with Crippen LogP contribution in [0.1, 0.15) is 30.5 Å². The number of nitrogens with zero attached hydrogens (tertiary/aromatic N) is 4. The van der Waals surface area contributed by atoms with E-state index in [0.29, 0.717) is 11.4 Å². The van der Waals surface area contributed by atoms with Gasteiger partial charge in [0.05, 0.1) is 0 Å². The average molecular weight is 282 g/mol. The van der Waals surface area contributed by atoms with Crippen LogP contribution in [0.25, 0.3) is 16.2 Å². The molecule has 0 saturated carbocycles. The highest BCUT2D eigenvalue weighted by atomic mass is 32.1. The molecule has 3 aromatic rings. The van der Waals surface area contributed by atoms with Gasteiger partial charge in [-0.15, -0.1) is 0 Å². The van der Waals surface area contributed by atoms with Crippen LogP contribution >= 0.6 is 11.3 Å². The third-order valence-electron chi connectivity index (χ3n) is 3.14. The molecule has 0 atom stereocenters. The summed E-state index contributed by atoms with van der Waals surface area (Å²) in [5, 5.41) is 15.0. The van der Waals surface area contributed by atoms with Crippen molar-refractivity contribution in [2.24, 2.45) is 0 Å². The fourth-order valence-electron chi connectivity index (χ4n) is 2.11. The second-order valence-corrected chi connectivity index (χ2v) is 5.62. The van der Waals surface area contributed by atoms with Crippen molar-refractivity contribution in [2.45, 2.75) is 26.2 Å². The third kappa shape index (κ3) is 2.19. The molecule has 0 amide bonds. The van der Waals surface area contributed by atoms with Crippen LogP contribution in [-0.2, 0) is 6.42 Å². The van der Waals surface area contributed by atoms with Gasteiger partial charge in [0, 0.05) is 12.0 Å². The van der Waals surface area contributed by atoms with E-state index in [4.69, 9.17) is 0 Å². The Labute approximate surface area is 121 Å². The Morgan fingerprint density at radius 2 is 2.10 bits per heavy atom. The first-order valence-electron chi connectivity index (χ1n) is 6.67. The van der Waals surface area contributed by atoms with Gasteiger partial charge in [-0.2, -0.15) is 14.9 Å². The summed E-state index contributed by atoms with van der Waals surface area (Å²) in [6, 6.07) is 12.0. The zero-order valence-corrected chi connectivity index (χ0v) is 12.0. The largest absolute Gasteiger partial charge is 0.216 e. The lowest BCUT2D eigenvalue weighted by molar-refractivity contribution is 0.769. The molecule has 2 aromatic heterocycles. The monoisotopic (exact) mass is 282 g/mol. The van der Waals surface area contributed by atoms with E-state index >= 15 is 0 Å². The number of unbranched alkanes of at least 4 members (excludes halogenated alkanes) is 1. The fraction of sp³-hybridized carbons (Fsp3) is 0.267. The van der Waals surface area contributed by atoms with Crippen molar-refractivity contribution in [1.82, 2.24) is 14.6 Å². The third-order valence-corrected chi connectivity index (χ3v) is 4.11. The lowest BCUT2D eigenvalue weighted by Crippen LogP contribution is -1.92. The second kappa shape index (κ2) is 5.43. The molecule has 0 radical (unpaired) electrons. The van der Waals surface area contributed by atoms with Gasteiger partial charge in [-0.25, -0.2) is 4.98 Å². The van der Waals surface area contributed by atoms with Crippen LogP contribution in [0.3, 0.4) is 0 Å². The molecular weight excluding hydrogens is 268 g/mol. The van der Waals surface area contributed by atoms with Gasteiger partial charge in [0.25, 0.3) is 0 Å². The Morgan fingerprint density at radius 1 is 1.30 bits per heavy atom. The first-order chi connectivity index (χ1) is 9.83. The van der Waals surface area contributed by atoms with E-state index in [9.17, 15) is 5.26 Å². The molecule has 0 unspecified atom stereocenters. The van der Waals surface area contributed by atoms with Gasteiger partial charge < -0.3 is 0 Å². The van der Waals surface area contributed by atoms with E-state index in [1.165, 1.54) is 0 Å². The highest BCUT2D eigenvalue weighted by Crippen LogP contribution is 2.26. The summed E-state index contributed by atoms with van der Waals surface area (Å²) in [6.45, 7) is 2.16. The maximum Gasteiger partial charge on any atom is 0.214 e. The van der Waals surface area contributed by atoms with Gasteiger partial charge in [-0.1, -0.05) is 55.0 Å². The molecule has 20 heavy (non-hydrogen) atoms. The number of aryl methyl sites for hydroxylation is 1. The summed E-state index contributed by atoms with van der Waals surface area (Å²) < 4.78 is 1.68. The summed E-state index contributed by atoms with van der Waals surface area (Å²) in [5.74, 6) is 0. The molecule has 0 fully saturated rings. The fourth-order valence-corrected chi connectivity index (χ4v) is 3.05. The number of hydrogen-bond acceptors (Lipinski definition) is 4. The van der Waals surface area contributed by atoms with E-state index in [1.54, 1.807) is 15.9 Å². The summed E-state index contributed by atoms with van der Waals surface area (Å²) in [5.41, 5.74) is 2.19. The van der Waals surface area contributed by atoms with Crippen molar-refractivity contribution in [3.63, 3.8) is 0 Å². The average Bonchev–Trinajstić information content (AvgIpc) is 3.02. The Hall–Kier alpha value is -2.19. The summed E-state index contributed by atoms with van der Waals surface area (Å²) in [7, 11) is 0. The minimum absolute atomic E-state index is 0.519. The molecule has 0 bridgehead atoms. The molecule has 3 rings (SSSR count). The number of nitriles is 1. The highest BCUT2D eigenvalue weighted by molar-refractivity contribution is 7.16. The molecule has 0 spiro atoms. The van der Waals surface area contributed by atoms with Crippen LogP contribution in [0.15, 0.2) is 30.3 Å². The van der Waals surface area contributed by atoms with Gasteiger partial charge in [0.2, 0.25) is 4.96 Å². The molecule has 0 aliphatic rings. The quantitative estimate of drug-likeness (QED) is 0.733. The Bertz CT molecular complexity index is 764. The van der Waals surface area contributed by atoms with Crippen LogP contribution in [0, 0.1) is 11.3 Å². The number of aromatic nitrogens is 3. The van der Waals surface area contributed by atoms with Crippen LogP contribution in [0.2, 0.25) is 0 Å². The van der Waals surface area contributed by atoms with Crippen LogP contribution in [-0.4, -0.2) is 14.6 Å². The van der Waals surface area contributed by atoms with Crippen molar-refractivity contribution in [3.8, 4) is 17.3 Å². The number of rotatable bonds is 4. The predicted molar refractivity (Wildman–Crippen MR) is 79.6 cm³/mol. The molecule has 1 aromatic carbocycles. The lowest BCUT2D eigenvalue weighted by atomic mass is 10.1. The Balaban J connectivity index is 2.08. The summed E-state index contributed by atoms with van der Waals surface area (Å²) >= 11 is 1.57. The molecule has 5 heteroatoms. The second-order valence-electron chi connectivity index (χ2n) is 4.58. The molecule has 4 nitrogen and oxygen atoms in total. The highest BCUT2D eigenvalue weighted by Gasteiger charge is 2.17. The minimum Gasteiger partial charge on any atom is -0.216 e. The van der Waals surface area contributed by atoms with E-state index in [1.807, 2.05) is 30.3 Å². The molecule has 0 aliphatic heterocycles. The van der Waals surface area contributed by atoms with E-state index in [0.717, 1.165) is 34.8 Å². The van der Waals surface area contributed by atoms with Crippen molar-refractivity contribution in [1.29, 1.82) is 5.26 Å². The summed E-state index contributed by atoms with van der Waals surface area (Å²) in [6.07, 6.45) is 3.21. The zero-order valence-electron chi connectivity index (χ0n) is 11.2. The first-order valence-corrected chi connectivity index (χ1v) is 7.49. The molecule has 2 heterocycles. The molecule has 0 N–H and O–H groups in total. The first kappa shape index (κ1) is 12.8. The van der Waals surface area contributed by atoms with E-state index < -0.39 is 0 Å². The summed E-state index contributed by atoms with van der Waals surface area (Å²) in [4.78, 5) is 5.38. The van der Waals surface area contributed by atoms with Crippen molar-refractivity contribution in [3.05, 3.63) is 41.0 Å². The predicted octanol–water partition coefficient (Wildman–Crippen LogP) is 3.67. The van der Waals surface area contributed by atoms with Gasteiger partial charge in [-0.3, -0.25) is 0 Å². The number of benzene rings is 1. The van der Waals surface area contributed by atoms with Gasteiger partial charge in [-0.05, 0) is 6.42 Å². The smallest absolute Gasteiger partial charge is 0.214 e. The molecule has 0 saturated heterocycles. The van der Waals surface area contributed by atoms with Crippen molar-refractivity contribution in [2.75, 3.05) is 0 Å². The molecular formula is C15H14N4S. The topological polar surface area (TPSA) is 54.0 Å². The van der Waals surface area contributed by atoms with Crippen LogP contribution in [0.5, 0.6) is 0 Å². The number of imidazole rings is 1. The van der Waals surface area contributed by atoms with E-state index in [2.05, 4.69) is 23.1 Å². The Kier molecular flexibility index (Phi) is 3.48.